The van der Waals surface area contributed by atoms with Gasteiger partial charge in [0.25, 0.3) is 10.1 Å². The molecule has 0 spiro atoms. The summed E-state index contributed by atoms with van der Waals surface area (Å²) < 4.78 is 75.9. The van der Waals surface area contributed by atoms with E-state index in [2.05, 4.69) is 5.73 Å². The van der Waals surface area contributed by atoms with Gasteiger partial charge in [0.05, 0.1) is 35.8 Å². The fourth-order valence-electron chi connectivity index (χ4n) is 3.28. The lowest BCUT2D eigenvalue weighted by atomic mass is 9.83. The number of nitriles is 1. The number of halogens is 3. The van der Waals surface area contributed by atoms with Gasteiger partial charge in [0.2, 0.25) is 10.0 Å². The van der Waals surface area contributed by atoms with Crippen molar-refractivity contribution in [2.45, 2.75) is 4.90 Å². The summed E-state index contributed by atoms with van der Waals surface area (Å²) in [6.45, 7) is -0.682. The molecule has 1 heterocycles. The fraction of sp³-hybridized carbons (Fsp3) is 0.350. The molecule has 0 aliphatic carbocycles. The van der Waals surface area contributed by atoms with Crippen LogP contribution in [0.15, 0.2) is 41.3 Å². The molecule has 14 heteroatoms. The van der Waals surface area contributed by atoms with Crippen molar-refractivity contribution < 1.29 is 35.9 Å². The van der Waals surface area contributed by atoms with Crippen LogP contribution in [0.4, 0.5) is 4.39 Å². The Labute approximate surface area is 206 Å². The molecule has 9 nitrogen and oxygen atoms in total. The Kier molecular flexibility index (Phi) is 8.09. The maximum Gasteiger partial charge on any atom is 0.272 e. The molecular weight excluding hydrogens is 532 g/mol. The molecule has 184 valence electrons. The molecule has 3 N–H and O–H groups in total. The predicted octanol–water partition coefficient (Wildman–Crippen LogP) is 1.66. The van der Waals surface area contributed by atoms with Crippen molar-refractivity contribution in [1.82, 2.24) is 4.31 Å². The lowest BCUT2D eigenvalue weighted by Gasteiger charge is -2.48. The monoisotopic (exact) mass is 552 g/mol. The van der Waals surface area contributed by atoms with Gasteiger partial charge in [-0.3, -0.25) is 4.18 Å². The maximum absolute atomic E-state index is 13.9. The van der Waals surface area contributed by atoms with Crippen LogP contribution < -0.4 is 10.5 Å². The number of ether oxygens (including phenoxy) is 1. The number of rotatable bonds is 10. The van der Waals surface area contributed by atoms with Crippen LogP contribution in [0, 0.1) is 22.6 Å². The summed E-state index contributed by atoms with van der Waals surface area (Å²) in [6.07, 6.45) is 0. The summed E-state index contributed by atoms with van der Waals surface area (Å²) in [6, 6.07) is 9.33. The molecule has 0 atom stereocenters. The Bertz CT molecular complexity index is 1330. The first kappa shape index (κ1) is 26.6. The van der Waals surface area contributed by atoms with Crippen LogP contribution >= 0.6 is 23.2 Å². The summed E-state index contributed by atoms with van der Waals surface area (Å²) in [4.78, 5) is -0.146. The topological polar surface area (TPSA) is 141 Å². The molecular formula is C20H21Cl2FN3O6S2+. The lowest BCUT2D eigenvalue weighted by molar-refractivity contribution is -0.360. The molecule has 0 unspecified atom stereocenters. The van der Waals surface area contributed by atoms with Crippen molar-refractivity contribution in [1.29, 1.82) is 5.26 Å². The minimum atomic E-state index is -4.01. The highest BCUT2D eigenvalue weighted by molar-refractivity contribution is 7.89. The molecule has 2 aromatic carbocycles. The second kappa shape index (κ2) is 10.3. The van der Waals surface area contributed by atoms with Crippen LogP contribution in [0.5, 0.6) is 5.75 Å². The van der Waals surface area contributed by atoms with E-state index in [1.165, 1.54) is 30.3 Å². The largest absolute Gasteiger partial charge is 0.493 e. The van der Waals surface area contributed by atoms with Gasteiger partial charge in [-0.2, -0.15) is 18.0 Å². The van der Waals surface area contributed by atoms with Gasteiger partial charge >= 0.3 is 0 Å². The molecule has 0 saturated carbocycles. The second-order valence-electron chi connectivity index (χ2n) is 7.77. The van der Waals surface area contributed by atoms with Gasteiger partial charge in [0.15, 0.2) is 0 Å². The Balaban J connectivity index is 1.80. The zero-order chi connectivity index (χ0) is 25.1. The highest BCUT2D eigenvalue weighted by Crippen LogP contribution is 2.38. The number of benzene rings is 2. The lowest BCUT2D eigenvalue weighted by Crippen LogP contribution is -2.63. The van der Waals surface area contributed by atoms with E-state index >= 15 is 0 Å². The van der Waals surface area contributed by atoms with Crippen molar-refractivity contribution in [2.24, 2.45) is 5.41 Å². The number of quaternary nitrogens is 1. The Morgan fingerprint density at radius 2 is 1.82 bits per heavy atom. The van der Waals surface area contributed by atoms with E-state index in [4.69, 9.17) is 37.4 Å². The Hall–Kier alpha value is -1.98. The number of nitrogens with zero attached hydrogens (tertiary/aromatic N) is 2. The molecule has 34 heavy (non-hydrogen) atoms. The second-order valence-corrected chi connectivity index (χ2v) is 12.3. The van der Waals surface area contributed by atoms with Gasteiger partial charge in [-0.15, -0.1) is 0 Å². The summed E-state index contributed by atoms with van der Waals surface area (Å²) in [5.74, 6) is -0.982. The van der Waals surface area contributed by atoms with Crippen molar-refractivity contribution in [3.8, 4) is 11.8 Å². The first-order chi connectivity index (χ1) is 15.9. The third-order valence-electron chi connectivity index (χ3n) is 5.08. The third kappa shape index (κ3) is 5.98. The highest BCUT2D eigenvalue weighted by Gasteiger charge is 2.50. The average molecular weight is 553 g/mol. The van der Waals surface area contributed by atoms with E-state index in [1.54, 1.807) is 6.07 Å². The van der Waals surface area contributed by atoms with Gasteiger partial charge in [-0.05, 0) is 30.3 Å². The number of sulfonamides is 1. The van der Waals surface area contributed by atoms with Crippen LogP contribution in [0.3, 0.4) is 0 Å². The molecule has 1 saturated heterocycles. The smallest absolute Gasteiger partial charge is 0.272 e. The molecule has 1 aliphatic rings. The Morgan fingerprint density at radius 1 is 1.12 bits per heavy atom. The van der Waals surface area contributed by atoms with E-state index in [0.717, 1.165) is 10.4 Å². The Morgan fingerprint density at radius 3 is 2.41 bits per heavy atom. The zero-order valence-electron chi connectivity index (χ0n) is 17.7. The first-order valence-corrected chi connectivity index (χ1v) is 13.6. The zero-order valence-corrected chi connectivity index (χ0v) is 20.9. The minimum Gasteiger partial charge on any atom is -0.493 e. The average Bonchev–Trinajstić information content (AvgIpc) is 2.72. The number of hydrogen-bond donors (Lipinski definition) is 1. The molecule has 0 radical (unpaired) electrons. The minimum absolute atomic E-state index is 0.0522. The van der Waals surface area contributed by atoms with Gasteiger partial charge in [0, 0.05) is 24.2 Å². The van der Waals surface area contributed by atoms with Crippen molar-refractivity contribution >= 4 is 43.3 Å². The maximum atomic E-state index is 13.9. The third-order valence-corrected chi connectivity index (χ3v) is 8.86. The van der Waals surface area contributed by atoms with E-state index in [1.807, 2.05) is 0 Å². The van der Waals surface area contributed by atoms with Crippen molar-refractivity contribution in [2.75, 3.05) is 38.6 Å². The van der Waals surface area contributed by atoms with E-state index in [9.17, 15) is 21.2 Å². The predicted molar refractivity (Wildman–Crippen MR) is 122 cm³/mol. The van der Waals surface area contributed by atoms with Crippen LogP contribution in [0.1, 0.15) is 5.56 Å². The summed E-state index contributed by atoms with van der Waals surface area (Å²) in [5.41, 5.74) is 2.29. The van der Waals surface area contributed by atoms with Gasteiger partial charge in [-0.1, -0.05) is 23.2 Å². The normalized spacial score (nSPS) is 16.0. The van der Waals surface area contributed by atoms with Gasteiger partial charge < -0.3 is 10.5 Å². The van der Waals surface area contributed by atoms with E-state index in [-0.39, 0.29) is 64.9 Å². The molecule has 0 bridgehead atoms. The summed E-state index contributed by atoms with van der Waals surface area (Å²) >= 11 is 11.9. The van der Waals surface area contributed by atoms with Gasteiger partial charge in [0.1, 0.15) is 28.3 Å². The highest BCUT2D eigenvalue weighted by atomic mass is 35.5. The molecule has 3 rings (SSSR count). The standard InChI is InChI=1S/C20H20Cl2FN3O6S2/c21-15-2-4-19(17(22)7-15)34(29,30)26-10-20(11-26,13-32-33(27,28)6-5-24)12-31-16-3-1-14(9-25)18(23)8-16/h1-4,7-8H,5-6,10-13,24H2/p+1. The summed E-state index contributed by atoms with van der Waals surface area (Å²) in [7, 11) is -7.88. The molecule has 0 aromatic heterocycles. The fourth-order valence-corrected chi connectivity index (χ4v) is 6.60. The van der Waals surface area contributed by atoms with Crippen LogP contribution in [0.25, 0.3) is 0 Å². The van der Waals surface area contributed by atoms with E-state index < -0.39 is 31.4 Å². The molecule has 0 amide bonds. The SMILES string of the molecule is N#Cc1ccc(OCC2(COS(=O)(=O)CC[NH3+])CN(S(=O)(=O)c3ccc(Cl)cc3Cl)C2)cc1F. The molecule has 1 aliphatic heterocycles. The van der Waals surface area contributed by atoms with Crippen molar-refractivity contribution in [3.05, 3.63) is 57.8 Å². The van der Waals surface area contributed by atoms with Crippen LogP contribution in [0.2, 0.25) is 10.0 Å². The molecule has 2 aromatic rings. The number of hydrogen-bond acceptors (Lipinski definition) is 7. The quantitative estimate of drug-likeness (QED) is 0.441. The molecule has 1 fully saturated rings. The summed E-state index contributed by atoms with van der Waals surface area (Å²) in [5, 5.41) is 9.07. The van der Waals surface area contributed by atoms with Crippen LogP contribution in [-0.2, 0) is 24.3 Å². The first-order valence-electron chi connectivity index (χ1n) is 9.85. The van der Waals surface area contributed by atoms with Gasteiger partial charge in [-0.25, -0.2) is 12.8 Å². The van der Waals surface area contributed by atoms with Crippen molar-refractivity contribution in [3.63, 3.8) is 0 Å². The van der Waals surface area contributed by atoms with Crippen LogP contribution in [-0.4, -0.2) is 59.7 Å². The van der Waals surface area contributed by atoms with E-state index in [0.29, 0.717) is 0 Å².